The molecular weight excluding hydrogens is 318 g/mol. The summed E-state index contributed by atoms with van der Waals surface area (Å²) in [6.07, 6.45) is 0.876. The number of benzene rings is 1. The van der Waals surface area contributed by atoms with E-state index in [-0.39, 0.29) is 5.63 Å². The Morgan fingerprint density at radius 2 is 2.20 bits per heavy atom. The monoisotopic (exact) mass is 343 g/mol. The first kappa shape index (κ1) is 16.6. The van der Waals surface area contributed by atoms with E-state index < -0.39 is 0 Å². The molecule has 3 heterocycles. The summed E-state index contributed by atoms with van der Waals surface area (Å²) in [5.74, 6) is 0. The van der Waals surface area contributed by atoms with Crippen LogP contribution < -0.4 is 15.8 Å². The number of likely N-dealkylation sites (N-methyl/N-ethyl adjacent to an activating group) is 1. The zero-order valence-electron chi connectivity index (χ0n) is 14.9. The number of methoxy groups -OCH3 is 1. The van der Waals surface area contributed by atoms with Crippen molar-refractivity contribution in [2.45, 2.75) is 19.0 Å². The van der Waals surface area contributed by atoms with Crippen LogP contribution >= 0.6 is 0 Å². The zero-order valence-corrected chi connectivity index (χ0v) is 14.9. The lowest BCUT2D eigenvalue weighted by Gasteiger charge is -2.40. The summed E-state index contributed by atoms with van der Waals surface area (Å²) < 4.78 is 11.0. The number of ether oxygens (including phenoxy) is 1. The van der Waals surface area contributed by atoms with Crippen LogP contribution in [-0.2, 0) is 17.7 Å². The summed E-state index contributed by atoms with van der Waals surface area (Å²) in [4.78, 5) is 17.0. The number of hydrogen-bond donors (Lipinski definition) is 1. The second-order valence-electron chi connectivity index (χ2n) is 6.99. The molecule has 0 unspecified atom stereocenters. The fourth-order valence-electron chi connectivity index (χ4n) is 3.93. The first-order valence-corrected chi connectivity index (χ1v) is 8.91. The van der Waals surface area contributed by atoms with E-state index >= 15 is 0 Å². The van der Waals surface area contributed by atoms with Crippen molar-refractivity contribution in [1.82, 2.24) is 10.2 Å². The van der Waals surface area contributed by atoms with Gasteiger partial charge in [-0.15, -0.1) is 0 Å². The van der Waals surface area contributed by atoms with E-state index in [2.05, 4.69) is 34.3 Å². The first-order chi connectivity index (χ1) is 12.2. The van der Waals surface area contributed by atoms with Crippen LogP contribution in [0.5, 0.6) is 0 Å². The molecule has 0 spiro atoms. The maximum absolute atomic E-state index is 12.3. The van der Waals surface area contributed by atoms with Crippen molar-refractivity contribution in [2.75, 3.05) is 51.8 Å². The average Bonchev–Trinajstić information content (AvgIpc) is 2.63. The molecule has 6 heteroatoms. The van der Waals surface area contributed by atoms with Crippen molar-refractivity contribution in [3.63, 3.8) is 0 Å². The lowest BCUT2D eigenvalue weighted by molar-refractivity contribution is 0.0987. The fourth-order valence-corrected chi connectivity index (χ4v) is 3.93. The van der Waals surface area contributed by atoms with Gasteiger partial charge in [0.25, 0.3) is 0 Å². The van der Waals surface area contributed by atoms with Crippen LogP contribution in [-0.4, -0.2) is 57.9 Å². The van der Waals surface area contributed by atoms with Gasteiger partial charge in [-0.3, -0.25) is 4.90 Å². The molecule has 2 aliphatic rings. The molecule has 0 aliphatic carbocycles. The molecule has 1 aromatic carbocycles. The van der Waals surface area contributed by atoms with Gasteiger partial charge in [0.15, 0.2) is 0 Å². The van der Waals surface area contributed by atoms with E-state index in [0.29, 0.717) is 18.2 Å². The van der Waals surface area contributed by atoms with Gasteiger partial charge in [-0.1, -0.05) is 0 Å². The third-order valence-corrected chi connectivity index (χ3v) is 5.46. The van der Waals surface area contributed by atoms with Crippen molar-refractivity contribution in [2.24, 2.45) is 0 Å². The van der Waals surface area contributed by atoms with Crippen molar-refractivity contribution in [3.8, 4) is 0 Å². The Labute approximate surface area is 147 Å². The number of hydrogen-bond acceptors (Lipinski definition) is 6. The van der Waals surface area contributed by atoms with Crippen LogP contribution in [0.2, 0.25) is 0 Å². The van der Waals surface area contributed by atoms with Gasteiger partial charge in [-0.05, 0) is 37.7 Å². The number of piperazine rings is 1. The molecule has 1 aromatic heterocycles. The Hall–Kier alpha value is -1.89. The van der Waals surface area contributed by atoms with Gasteiger partial charge >= 0.3 is 5.63 Å². The molecule has 2 aliphatic heterocycles. The highest BCUT2D eigenvalue weighted by Gasteiger charge is 2.25. The Balaban J connectivity index is 1.69. The molecule has 0 saturated carbocycles. The fraction of sp³-hybridized carbons (Fsp3) is 0.526. The van der Waals surface area contributed by atoms with Gasteiger partial charge in [0.1, 0.15) is 5.58 Å². The van der Waals surface area contributed by atoms with Gasteiger partial charge in [0.05, 0.1) is 18.2 Å². The van der Waals surface area contributed by atoms with Crippen LogP contribution in [0.3, 0.4) is 0 Å². The maximum atomic E-state index is 12.3. The highest BCUT2D eigenvalue weighted by atomic mass is 16.5. The topological polar surface area (TPSA) is 58.0 Å². The van der Waals surface area contributed by atoms with Crippen LogP contribution in [0, 0.1) is 0 Å². The standard InChI is InChI=1S/C19H25N3O3/c1-21-7-8-22(11-14(21)12-24-2)13-3-4-16-15-5-6-20-10-17(15)19(23)25-18(16)9-13/h3-4,9,14,20H,5-8,10-12H2,1-2H3/t14-/m1/s1. The molecular formula is C19H25N3O3. The van der Waals surface area contributed by atoms with Crippen LogP contribution in [0.4, 0.5) is 5.69 Å². The van der Waals surface area contributed by atoms with Gasteiger partial charge in [0, 0.05) is 50.4 Å². The van der Waals surface area contributed by atoms with Crippen LogP contribution in [0.15, 0.2) is 27.4 Å². The van der Waals surface area contributed by atoms with Gasteiger partial charge in [-0.25, -0.2) is 4.79 Å². The maximum Gasteiger partial charge on any atom is 0.341 e. The summed E-state index contributed by atoms with van der Waals surface area (Å²) in [5.41, 5.74) is 3.53. The molecule has 1 atom stereocenters. The molecule has 1 N–H and O–H groups in total. The summed E-state index contributed by atoms with van der Waals surface area (Å²) >= 11 is 0. The smallest absolute Gasteiger partial charge is 0.341 e. The molecule has 6 nitrogen and oxygen atoms in total. The Morgan fingerprint density at radius 1 is 1.32 bits per heavy atom. The molecule has 0 bridgehead atoms. The van der Waals surface area contributed by atoms with Crippen LogP contribution in [0.25, 0.3) is 11.0 Å². The number of anilines is 1. The molecule has 4 rings (SSSR count). The average molecular weight is 343 g/mol. The third kappa shape index (κ3) is 3.05. The highest BCUT2D eigenvalue weighted by Crippen LogP contribution is 2.28. The minimum atomic E-state index is -0.206. The highest BCUT2D eigenvalue weighted by molar-refractivity contribution is 5.84. The Bertz CT molecular complexity index is 833. The number of rotatable bonds is 3. The summed E-state index contributed by atoms with van der Waals surface area (Å²) in [6, 6.07) is 6.66. The van der Waals surface area contributed by atoms with E-state index in [0.717, 1.165) is 61.4 Å². The van der Waals surface area contributed by atoms with E-state index in [1.165, 1.54) is 0 Å². The first-order valence-electron chi connectivity index (χ1n) is 8.91. The number of nitrogens with zero attached hydrogens (tertiary/aromatic N) is 2. The molecule has 2 aromatic rings. The Kier molecular flexibility index (Phi) is 4.50. The zero-order chi connectivity index (χ0) is 17.4. The second kappa shape index (κ2) is 6.78. The molecule has 25 heavy (non-hydrogen) atoms. The van der Waals surface area contributed by atoms with Gasteiger partial charge in [0.2, 0.25) is 0 Å². The molecule has 134 valence electrons. The largest absolute Gasteiger partial charge is 0.422 e. The molecule has 1 fully saturated rings. The lowest BCUT2D eigenvalue weighted by Crippen LogP contribution is -2.53. The Morgan fingerprint density at radius 3 is 3.04 bits per heavy atom. The van der Waals surface area contributed by atoms with E-state index in [1.807, 2.05) is 6.07 Å². The molecule has 0 radical (unpaired) electrons. The summed E-state index contributed by atoms with van der Waals surface area (Å²) in [7, 11) is 3.89. The quantitative estimate of drug-likeness (QED) is 0.846. The van der Waals surface area contributed by atoms with E-state index in [4.69, 9.17) is 9.15 Å². The molecule has 0 amide bonds. The minimum absolute atomic E-state index is 0.206. The van der Waals surface area contributed by atoms with E-state index in [9.17, 15) is 4.79 Å². The van der Waals surface area contributed by atoms with Gasteiger partial charge in [-0.2, -0.15) is 0 Å². The van der Waals surface area contributed by atoms with Crippen molar-refractivity contribution in [1.29, 1.82) is 0 Å². The number of nitrogens with one attached hydrogen (secondary N) is 1. The van der Waals surface area contributed by atoms with Gasteiger partial charge < -0.3 is 19.4 Å². The molecule has 1 saturated heterocycles. The van der Waals surface area contributed by atoms with Crippen molar-refractivity contribution >= 4 is 16.7 Å². The summed E-state index contributed by atoms with van der Waals surface area (Å²) in [5, 5.41) is 4.32. The number of fused-ring (bicyclic) bond motifs is 3. The SMILES string of the molecule is COC[C@H]1CN(c2ccc3c4c(c(=O)oc3c2)CNCC4)CCN1C. The van der Waals surface area contributed by atoms with E-state index in [1.54, 1.807) is 7.11 Å². The van der Waals surface area contributed by atoms with Crippen LogP contribution in [0.1, 0.15) is 11.1 Å². The summed E-state index contributed by atoms with van der Waals surface area (Å²) in [6.45, 7) is 5.09. The second-order valence-corrected chi connectivity index (χ2v) is 6.99. The predicted molar refractivity (Wildman–Crippen MR) is 98.4 cm³/mol. The lowest BCUT2D eigenvalue weighted by atomic mass is 9.98. The van der Waals surface area contributed by atoms with Crippen molar-refractivity contribution < 1.29 is 9.15 Å². The van der Waals surface area contributed by atoms with Crippen molar-refractivity contribution in [3.05, 3.63) is 39.7 Å². The normalized spacial score (nSPS) is 21.5. The predicted octanol–water partition coefficient (Wildman–Crippen LogP) is 1.21. The third-order valence-electron chi connectivity index (χ3n) is 5.46. The minimum Gasteiger partial charge on any atom is -0.422 e.